The highest BCUT2D eigenvalue weighted by Gasteiger charge is 2.36. The van der Waals surface area contributed by atoms with Crippen LogP contribution in [0, 0.1) is 13.8 Å². The summed E-state index contributed by atoms with van der Waals surface area (Å²) in [6.07, 6.45) is 3.91. The number of methoxy groups -OCH3 is 1. The maximum absolute atomic E-state index is 14.4. The minimum absolute atomic E-state index is 0.0452. The second-order valence-electron chi connectivity index (χ2n) is 10.1. The van der Waals surface area contributed by atoms with Gasteiger partial charge in [-0.1, -0.05) is 31.0 Å². The lowest BCUT2D eigenvalue weighted by Gasteiger charge is -2.34. The first kappa shape index (κ1) is 26.4. The molecule has 8 nitrogen and oxygen atoms in total. The minimum atomic E-state index is -1.03. The number of carbonyl (C=O) groups excluding carboxylic acids is 2. The zero-order valence-corrected chi connectivity index (χ0v) is 22.5. The van der Waals surface area contributed by atoms with Gasteiger partial charge in [0.05, 0.1) is 7.11 Å². The van der Waals surface area contributed by atoms with Crippen LogP contribution in [0.1, 0.15) is 58.8 Å². The quantitative estimate of drug-likeness (QED) is 0.434. The van der Waals surface area contributed by atoms with Crippen molar-refractivity contribution in [1.29, 1.82) is 0 Å². The van der Waals surface area contributed by atoms with Gasteiger partial charge in [-0.3, -0.25) is 14.5 Å². The molecule has 2 amide bonds. The van der Waals surface area contributed by atoms with Crippen molar-refractivity contribution in [2.24, 2.45) is 0 Å². The van der Waals surface area contributed by atoms with E-state index in [9.17, 15) is 14.7 Å². The van der Waals surface area contributed by atoms with E-state index in [1.807, 2.05) is 32.0 Å². The van der Waals surface area contributed by atoms with Gasteiger partial charge in [-0.2, -0.15) is 0 Å². The number of phenolic OH excluding ortho intramolecular Hbond substituents is 1. The number of amides is 2. The van der Waals surface area contributed by atoms with E-state index < -0.39 is 6.04 Å². The number of aromatic hydroxyl groups is 1. The van der Waals surface area contributed by atoms with Gasteiger partial charge in [0, 0.05) is 17.3 Å². The van der Waals surface area contributed by atoms with Crippen molar-refractivity contribution in [2.75, 3.05) is 25.2 Å². The predicted octanol–water partition coefficient (Wildman–Crippen LogP) is 5.24. The number of ether oxygens (including phenoxy) is 3. The number of nitrogens with one attached hydrogen (secondary N) is 1. The number of hydrogen-bond donors (Lipinski definition) is 2. The maximum Gasteiger partial charge on any atom is 0.259 e. The molecule has 1 saturated carbocycles. The molecule has 5 rings (SSSR count). The van der Waals surface area contributed by atoms with Crippen LogP contribution in [0.15, 0.2) is 54.6 Å². The number of anilines is 1. The fraction of sp³-hybridized carbons (Fsp3) is 0.355. The van der Waals surface area contributed by atoms with E-state index in [-0.39, 0.29) is 29.4 Å². The third-order valence-electron chi connectivity index (χ3n) is 7.36. The van der Waals surface area contributed by atoms with Crippen molar-refractivity contribution in [2.45, 2.75) is 51.6 Å². The topological polar surface area (TPSA) is 97.3 Å². The Balaban J connectivity index is 1.66. The molecule has 0 radical (unpaired) electrons. The lowest BCUT2D eigenvalue weighted by molar-refractivity contribution is -0.123. The Kier molecular flexibility index (Phi) is 7.63. The van der Waals surface area contributed by atoms with Gasteiger partial charge in [0.2, 0.25) is 5.91 Å². The van der Waals surface area contributed by atoms with E-state index in [2.05, 4.69) is 5.32 Å². The van der Waals surface area contributed by atoms with Crippen molar-refractivity contribution in [1.82, 2.24) is 5.32 Å². The van der Waals surface area contributed by atoms with Crippen LogP contribution in [0.4, 0.5) is 5.69 Å². The molecule has 0 aromatic heterocycles. The van der Waals surface area contributed by atoms with E-state index in [0.717, 1.165) is 36.8 Å². The van der Waals surface area contributed by atoms with Crippen LogP contribution in [0.5, 0.6) is 23.0 Å². The largest absolute Gasteiger partial charge is 0.504 e. The van der Waals surface area contributed by atoms with Gasteiger partial charge in [0.15, 0.2) is 23.0 Å². The Morgan fingerprint density at radius 3 is 2.46 bits per heavy atom. The van der Waals surface area contributed by atoms with Crippen LogP contribution in [0.2, 0.25) is 0 Å². The predicted molar refractivity (Wildman–Crippen MR) is 148 cm³/mol. The van der Waals surface area contributed by atoms with Crippen molar-refractivity contribution < 1.29 is 28.9 Å². The molecule has 0 saturated heterocycles. The number of benzene rings is 3. The molecule has 8 heteroatoms. The highest BCUT2D eigenvalue weighted by Crippen LogP contribution is 2.38. The molecule has 1 fully saturated rings. The number of phenols is 1. The Hall–Kier alpha value is -4.20. The van der Waals surface area contributed by atoms with Crippen molar-refractivity contribution in [3.05, 3.63) is 76.9 Å². The van der Waals surface area contributed by atoms with E-state index >= 15 is 0 Å². The number of nitrogens with zero attached hydrogens (tertiary/aromatic N) is 1. The van der Waals surface area contributed by atoms with Crippen LogP contribution in [0.3, 0.4) is 0 Å². The Labute approximate surface area is 228 Å². The molecule has 1 atom stereocenters. The van der Waals surface area contributed by atoms with E-state index in [4.69, 9.17) is 14.2 Å². The molecule has 0 spiro atoms. The van der Waals surface area contributed by atoms with Gasteiger partial charge in [0.1, 0.15) is 19.3 Å². The second-order valence-corrected chi connectivity index (χ2v) is 10.1. The Bertz CT molecular complexity index is 1380. The first-order chi connectivity index (χ1) is 18.9. The summed E-state index contributed by atoms with van der Waals surface area (Å²) < 4.78 is 16.8. The molecule has 3 aromatic carbocycles. The molecule has 3 aromatic rings. The van der Waals surface area contributed by atoms with Crippen molar-refractivity contribution >= 4 is 17.5 Å². The second kappa shape index (κ2) is 11.3. The molecular weight excluding hydrogens is 496 g/mol. The highest BCUT2D eigenvalue weighted by atomic mass is 16.6. The Morgan fingerprint density at radius 2 is 1.72 bits per heavy atom. The third-order valence-corrected chi connectivity index (χ3v) is 7.36. The lowest BCUT2D eigenvalue weighted by atomic mass is 9.98. The lowest BCUT2D eigenvalue weighted by Crippen LogP contribution is -2.46. The summed E-state index contributed by atoms with van der Waals surface area (Å²) >= 11 is 0. The van der Waals surface area contributed by atoms with Gasteiger partial charge in [-0.05, 0) is 79.8 Å². The minimum Gasteiger partial charge on any atom is -0.504 e. The SMILES string of the molecule is COc1cc(C(C(=O)NC2CCCC2)N(C(=O)c2ccc3c(c2)OCCO3)c2cc(C)ccc2C)ccc1O. The molecule has 2 N–H and O–H groups in total. The van der Waals surface area contributed by atoms with Gasteiger partial charge in [-0.15, -0.1) is 0 Å². The zero-order valence-electron chi connectivity index (χ0n) is 22.5. The molecular formula is C31H34N2O6. The van der Waals surface area contributed by atoms with E-state index in [1.54, 1.807) is 35.2 Å². The summed E-state index contributed by atoms with van der Waals surface area (Å²) in [4.78, 5) is 30.1. The highest BCUT2D eigenvalue weighted by molar-refractivity contribution is 6.11. The van der Waals surface area contributed by atoms with Crippen LogP contribution in [-0.4, -0.2) is 43.3 Å². The van der Waals surface area contributed by atoms with Gasteiger partial charge in [-0.25, -0.2) is 0 Å². The maximum atomic E-state index is 14.4. The molecule has 204 valence electrons. The number of hydrogen-bond acceptors (Lipinski definition) is 6. The van der Waals surface area contributed by atoms with Crippen LogP contribution >= 0.6 is 0 Å². The number of aryl methyl sites for hydroxylation is 2. The third kappa shape index (κ3) is 5.50. The average molecular weight is 531 g/mol. The molecule has 0 bridgehead atoms. The van der Waals surface area contributed by atoms with Crippen molar-refractivity contribution in [3.63, 3.8) is 0 Å². The number of fused-ring (bicyclic) bond motifs is 1. The van der Waals surface area contributed by atoms with E-state index in [0.29, 0.717) is 41.5 Å². The van der Waals surface area contributed by atoms with Gasteiger partial charge >= 0.3 is 0 Å². The standard InChI is InChI=1S/C31H34N2O6/c1-19-8-9-20(2)24(16-19)33(31(36)22-11-13-26-28(18-22)39-15-14-38-26)29(30(35)32-23-6-4-5-7-23)21-10-12-25(34)27(17-21)37-3/h8-13,16-18,23,29,34H,4-7,14-15H2,1-3H3,(H,32,35). The van der Waals surface area contributed by atoms with Crippen LogP contribution < -0.4 is 24.4 Å². The molecule has 1 unspecified atom stereocenters. The van der Waals surface area contributed by atoms with E-state index in [1.165, 1.54) is 13.2 Å². The summed E-state index contributed by atoms with van der Waals surface area (Å²) in [5.74, 6) is 0.591. The molecule has 2 aliphatic rings. The van der Waals surface area contributed by atoms with Gasteiger partial charge < -0.3 is 24.6 Å². The molecule has 1 aliphatic heterocycles. The molecule has 39 heavy (non-hydrogen) atoms. The zero-order chi connectivity index (χ0) is 27.5. The first-order valence-corrected chi connectivity index (χ1v) is 13.3. The smallest absolute Gasteiger partial charge is 0.259 e. The average Bonchev–Trinajstić information content (AvgIpc) is 3.46. The summed E-state index contributed by atoms with van der Waals surface area (Å²) in [5, 5.41) is 13.5. The number of rotatable bonds is 7. The first-order valence-electron chi connectivity index (χ1n) is 13.3. The van der Waals surface area contributed by atoms with Gasteiger partial charge in [0.25, 0.3) is 5.91 Å². The number of carbonyl (C=O) groups is 2. The van der Waals surface area contributed by atoms with Crippen molar-refractivity contribution in [3.8, 4) is 23.0 Å². The van der Waals surface area contributed by atoms with Crippen LogP contribution in [-0.2, 0) is 4.79 Å². The normalized spacial score (nSPS) is 15.5. The summed E-state index contributed by atoms with van der Waals surface area (Å²) in [5.41, 5.74) is 3.30. The summed E-state index contributed by atoms with van der Waals surface area (Å²) in [6, 6.07) is 14.7. The fourth-order valence-electron chi connectivity index (χ4n) is 5.29. The summed E-state index contributed by atoms with van der Waals surface area (Å²) in [6.45, 7) is 4.71. The monoisotopic (exact) mass is 530 g/mol. The molecule has 1 heterocycles. The molecule has 1 aliphatic carbocycles. The Morgan fingerprint density at radius 1 is 0.974 bits per heavy atom. The van der Waals surface area contributed by atoms with Crippen LogP contribution in [0.25, 0.3) is 0 Å². The summed E-state index contributed by atoms with van der Waals surface area (Å²) in [7, 11) is 1.45. The fourth-order valence-corrected chi connectivity index (χ4v) is 5.29.